The predicted octanol–water partition coefficient (Wildman–Crippen LogP) is 3.78. The summed E-state index contributed by atoms with van der Waals surface area (Å²) in [4.78, 5) is 0. The lowest BCUT2D eigenvalue weighted by molar-refractivity contribution is 0.518. The molecule has 1 aromatic carbocycles. The van der Waals surface area contributed by atoms with Crippen molar-refractivity contribution in [3.05, 3.63) is 52.6 Å². The first-order chi connectivity index (χ1) is 9.67. The lowest BCUT2D eigenvalue weighted by Crippen LogP contribution is -2.25. The zero-order valence-electron chi connectivity index (χ0n) is 11.7. The van der Waals surface area contributed by atoms with Crippen LogP contribution in [0.1, 0.15) is 37.6 Å². The van der Waals surface area contributed by atoms with Crippen LogP contribution in [0.25, 0.3) is 0 Å². The number of nitrogens with zero attached hydrogens (tertiary/aromatic N) is 2. The molecule has 0 saturated heterocycles. The van der Waals surface area contributed by atoms with Crippen LogP contribution in [0.5, 0.6) is 0 Å². The molecule has 0 aliphatic carbocycles. The Hall–Kier alpha value is -1.39. The highest BCUT2D eigenvalue weighted by Crippen LogP contribution is 2.28. The number of nitrogens with one attached hydrogen (secondary N) is 1. The molecule has 20 heavy (non-hydrogen) atoms. The Morgan fingerprint density at radius 3 is 2.85 bits per heavy atom. The highest BCUT2D eigenvalue weighted by atomic mass is 35.5. The molecule has 0 bridgehead atoms. The van der Waals surface area contributed by atoms with Gasteiger partial charge in [0.2, 0.25) is 0 Å². The Morgan fingerprint density at radius 1 is 1.40 bits per heavy atom. The molecule has 5 heteroatoms. The largest absolute Gasteiger partial charge is 0.305 e. The summed E-state index contributed by atoms with van der Waals surface area (Å²) in [6, 6.07) is 6.43. The maximum absolute atomic E-state index is 13.5. The Bertz CT molecular complexity index is 568. The van der Waals surface area contributed by atoms with Gasteiger partial charge in [-0.3, -0.25) is 4.68 Å². The van der Waals surface area contributed by atoms with E-state index in [2.05, 4.69) is 17.3 Å². The Kier molecular flexibility index (Phi) is 5.15. The molecular weight excluding hydrogens is 277 g/mol. The Morgan fingerprint density at radius 2 is 2.20 bits per heavy atom. The fourth-order valence-electron chi connectivity index (χ4n) is 2.31. The van der Waals surface area contributed by atoms with E-state index >= 15 is 0 Å². The molecule has 2 rings (SSSR count). The molecule has 0 fully saturated rings. The van der Waals surface area contributed by atoms with Crippen LogP contribution in [0, 0.1) is 5.82 Å². The highest BCUT2D eigenvalue weighted by molar-refractivity contribution is 6.31. The summed E-state index contributed by atoms with van der Waals surface area (Å²) in [5.41, 5.74) is 1.74. The Labute approximate surface area is 123 Å². The standard InChI is InChI=1S/C15H19ClFN3/c1-3-8-20-15(13(16)10-19-20)14(18-4-2)11-6-5-7-12(17)9-11/h5-7,9-10,14,18H,3-4,8H2,1-2H3. The van der Waals surface area contributed by atoms with Gasteiger partial charge in [-0.25, -0.2) is 4.39 Å². The average Bonchev–Trinajstić information content (AvgIpc) is 2.78. The van der Waals surface area contributed by atoms with Gasteiger partial charge in [-0.05, 0) is 30.7 Å². The van der Waals surface area contributed by atoms with E-state index in [1.54, 1.807) is 12.3 Å². The Balaban J connectivity index is 2.45. The van der Waals surface area contributed by atoms with Crippen molar-refractivity contribution in [1.82, 2.24) is 15.1 Å². The van der Waals surface area contributed by atoms with E-state index < -0.39 is 0 Å². The van der Waals surface area contributed by atoms with Crippen molar-refractivity contribution < 1.29 is 4.39 Å². The summed E-state index contributed by atoms with van der Waals surface area (Å²) >= 11 is 6.28. The lowest BCUT2D eigenvalue weighted by Gasteiger charge is -2.20. The summed E-state index contributed by atoms with van der Waals surface area (Å²) in [6.07, 6.45) is 2.61. The second-order valence-electron chi connectivity index (χ2n) is 4.65. The topological polar surface area (TPSA) is 29.9 Å². The molecule has 2 aromatic rings. The molecule has 1 heterocycles. The fourth-order valence-corrected chi connectivity index (χ4v) is 2.56. The normalized spacial score (nSPS) is 12.6. The summed E-state index contributed by atoms with van der Waals surface area (Å²) in [5.74, 6) is -0.247. The zero-order chi connectivity index (χ0) is 14.5. The van der Waals surface area contributed by atoms with Crippen molar-refractivity contribution in [2.24, 2.45) is 0 Å². The van der Waals surface area contributed by atoms with Gasteiger partial charge in [0.25, 0.3) is 0 Å². The first-order valence-corrected chi connectivity index (χ1v) is 7.25. The van der Waals surface area contributed by atoms with Crippen molar-refractivity contribution >= 4 is 11.6 Å². The van der Waals surface area contributed by atoms with Crippen LogP contribution < -0.4 is 5.32 Å². The molecule has 0 aliphatic rings. The van der Waals surface area contributed by atoms with E-state index in [4.69, 9.17) is 11.6 Å². The van der Waals surface area contributed by atoms with Crippen LogP contribution in [0.3, 0.4) is 0 Å². The molecular formula is C15H19ClFN3. The van der Waals surface area contributed by atoms with Gasteiger partial charge in [0.05, 0.1) is 23.0 Å². The number of aryl methyl sites for hydroxylation is 1. The number of hydrogen-bond acceptors (Lipinski definition) is 2. The van der Waals surface area contributed by atoms with E-state index in [0.29, 0.717) is 5.02 Å². The molecule has 1 N–H and O–H groups in total. The van der Waals surface area contributed by atoms with Crippen LogP contribution in [-0.4, -0.2) is 16.3 Å². The van der Waals surface area contributed by atoms with Gasteiger partial charge in [-0.1, -0.05) is 37.6 Å². The first-order valence-electron chi connectivity index (χ1n) is 6.87. The van der Waals surface area contributed by atoms with E-state index in [9.17, 15) is 4.39 Å². The minimum absolute atomic E-state index is 0.155. The molecule has 3 nitrogen and oxygen atoms in total. The van der Waals surface area contributed by atoms with Gasteiger partial charge in [0.1, 0.15) is 5.82 Å². The molecule has 1 unspecified atom stereocenters. The minimum atomic E-state index is -0.247. The fraction of sp³-hybridized carbons (Fsp3) is 0.400. The molecule has 108 valence electrons. The van der Waals surface area contributed by atoms with E-state index in [-0.39, 0.29) is 11.9 Å². The summed E-state index contributed by atoms with van der Waals surface area (Å²) in [7, 11) is 0. The van der Waals surface area contributed by atoms with Gasteiger partial charge in [-0.2, -0.15) is 5.10 Å². The molecule has 0 aliphatic heterocycles. The molecule has 0 amide bonds. The van der Waals surface area contributed by atoms with Crippen molar-refractivity contribution in [1.29, 1.82) is 0 Å². The number of aromatic nitrogens is 2. The maximum Gasteiger partial charge on any atom is 0.123 e. The van der Waals surface area contributed by atoms with Crippen molar-refractivity contribution in [2.75, 3.05) is 6.54 Å². The monoisotopic (exact) mass is 295 g/mol. The summed E-state index contributed by atoms with van der Waals surface area (Å²) < 4.78 is 15.4. The molecule has 1 aromatic heterocycles. The van der Waals surface area contributed by atoms with Gasteiger partial charge in [0.15, 0.2) is 0 Å². The third-order valence-corrected chi connectivity index (χ3v) is 3.42. The van der Waals surface area contributed by atoms with E-state index in [1.165, 1.54) is 12.1 Å². The number of rotatable bonds is 6. The molecule has 1 atom stereocenters. The molecule has 0 saturated carbocycles. The second-order valence-corrected chi connectivity index (χ2v) is 5.05. The van der Waals surface area contributed by atoms with Crippen LogP contribution in [0.4, 0.5) is 4.39 Å². The summed E-state index contributed by atoms with van der Waals surface area (Å²) in [6.45, 7) is 5.65. The minimum Gasteiger partial charge on any atom is -0.305 e. The molecule has 0 radical (unpaired) electrons. The SMILES string of the molecule is CCCn1ncc(Cl)c1C(NCC)c1cccc(F)c1. The van der Waals surface area contributed by atoms with Crippen LogP contribution in [0.2, 0.25) is 5.02 Å². The number of benzene rings is 1. The average molecular weight is 296 g/mol. The van der Waals surface area contributed by atoms with Crippen molar-refractivity contribution in [3.8, 4) is 0 Å². The lowest BCUT2D eigenvalue weighted by atomic mass is 10.0. The van der Waals surface area contributed by atoms with Crippen molar-refractivity contribution in [3.63, 3.8) is 0 Å². The van der Waals surface area contributed by atoms with E-state index in [1.807, 2.05) is 17.7 Å². The van der Waals surface area contributed by atoms with Crippen molar-refractivity contribution in [2.45, 2.75) is 32.9 Å². The van der Waals surface area contributed by atoms with Gasteiger partial charge in [0, 0.05) is 6.54 Å². The quantitative estimate of drug-likeness (QED) is 0.879. The van der Waals surface area contributed by atoms with Gasteiger partial charge >= 0.3 is 0 Å². The summed E-state index contributed by atoms with van der Waals surface area (Å²) in [5, 5.41) is 8.27. The van der Waals surface area contributed by atoms with Gasteiger partial charge in [-0.15, -0.1) is 0 Å². The van der Waals surface area contributed by atoms with Crippen LogP contribution in [-0.2, 0) is 6.54 Å². The third-order valence-electron chi connectivity index (χ3n) is 3.13. The van der Waals surface area contributed by atoms with Crippen LogP contribution >= 0.6 is 11.6 Å². The predicted molar refractivity (Wildman–Crippen MR) is 79.4 cm³/mol. The highest BCUT2D eigenvalue weighted by Gasteiger charge is 2.21. The number of hydrogen-bond donors (Lipinski definition) is 1. The van der Waals surface area contributed by atoms with Crippen LogP contribution in [0.15, 0.2) is 30.5 Å². The maximum atomic E-state index is 13.5. The number of halogens is 2. The third kappa shape index (κ3) is 3.19. The second kappa shape index (κ2) is 6.86. The van der Waals surface area contributed by atoms with E-state index in [0.717, 1.165) is 30.8 Å². The molecule has 0 spiro atoms. The first kappa shape index (κ1) is 15.0. The van der Waals surface area contributed by atoms with Gasteiger partial charge < -0.3 is 5.32 Å². The smallest absolute Gasteiger partial charge is 0.123 e. The zero-order valence-corrected chi connectivity index (χ0v) is 12.5.